The van der Waals surface area contributed by atoms with Crippen molar-refractivity contribution in [3.8, 4) is 0 Å². The molecule has 5 saturated carbocycles. The van der Waals surface area contributed by atoms with Crippen molar-refractivity contribution in [1.82, 2.24) is 10.6 Å². The van der Waals surface area contributed by atoms with Crippen LogP contribution in [0.3, 0.4) is 0 Å². The molecular formula is C45H68N6O4. The third-order valence-electron chi connectivity index (χ3n) is 16.0. The molecule has 5 aliphatic carbocycles. The van der Waals surface area contributed by atoms with Gasteiger partial charge < -0.3 is 41.5 Å². The van der Waals surface area contributed by atoms with Gasteiger partial charge >= 0.3 is 0 Å². The fourth-order valence-electron chi connectivity index (χ4n) is 12.9. The van der Waals surface area contributed by atoms with Gasteiger partial charge in [0.05, 0.1) is 35.9 Å². The quantitative estimate of drug-likeness (QED) is 0.0499. The summed E-state index contributed by atoms with van der Waals surface area (Å²) in [5, 5.41) is 30.7. The van der Waals surface area contributed by atoms with E-state index >= 15 is 0 Å². The molecule has 6 fully saturated rings. The van der Waals surface area contributed by atoms with Crippen molar-refractivity contribution in [2.45, 2.75) is 153 Å². The van der Waals surface area contributed by atoms with Crippen molar-refractivity contribution in [1.29, 1.82) is 0 Å². The maximum Gasteiger partial charge on any atom is 0.190 e. The van der Waals surface area contributed by atoms with Gasteiger partial charge in [-0.2, -0.15) is 0 Å². The molecule has 0 unspecified atom stereocenters. The Hall–Kier alpha value is -3.08. The summed E-state index contributed by atoms with van der Waals surface area (Å²) in [6.45, 7) is 10.4. The predicted molar refractivity (Wildman–Crippen MR) is 219 cm³/mol. The Morgan fingerprint density at radius 1 is 1.02 bits per heavy atom. The van der Waals surface area contributed by atoms with Crippen LogP contribution in [0.15, 0.2) is 57.3 Å². The number of hydrogen-bond acceptors (Lipinski definition) is 6. The number of rotatable bonds is 10. The zero-order chi connectivity index (χ0) is 38.6. The number of benzene rings is 1. The molecule has 0 bridgehead atoms. The summed E-state index contributed by atoms with van der Waals surface area (Å²) in [5.41, 5.74) is 15.2. The topological polar surface area (TPSA) is 167 Å². The molecule has 0 amide bonds. The Morgan fingerprint density at radius 3 is 2.67 bits per heavy atom. The molecule has 1 aliphatic heterocycles. The van der Waals surface area contributed by atoms with E-state index < -0.39 is 5.60 Å². The van der Waals surface area contributed by atoms with Gasteiger partial charge in [0, 0.05) is 36.2 Å². The van der Waals surface area contributed by atoms with E-state index in [2.05, 4.69) is 47.7 Å². The van der Waals surface area contributed by atoms with Crippen LogP contribution in [0.4, 0.5) is 0 Å². The van der Waals surface area contributed by atoms with Gasteiger partial charge in [-0.05, 0) is 150 Å². The number of nitrogens with one attached hydrogen (secondary N) is 2. The van der Waals surface area contributed by atoms with E-state index in [0.29, 0.717) is 60.6 Å². The number of aliphatic imine (C=N–C) groups is 2. The molecule has 2 heterocycles. The average molecular weight is 757 g/mol. The number of furan rings is 1. The van der Waals surface area contributed by atoms with Crippen molar-refractivity contribution >= 4 is 22.7 Å². The summed E-state index contributed by atoms with van der Waals surface area (Å²) >= 11 is 0. The second-order valence-corrected chi connectivity index (χ2v) is 19.5. The second kappa shape index (κ2) is 15.0. The van der Waals surface area contributed by atoms with Crippen LogP contribution < -0.4 is 22.1 Å². The number of nitrogens with zero attached hydrogens (tertiary/aromatic N) is 2. The van der Waals surface area contributed by atoms with Crippen molar-refractivity contribution in [3.63, 3.8) is 0 Å². The first kappa shape index (κ1) is 38.8. The lowest BCUT2D eigenvalue weighted by atomic mass is 9.46. The number of epoxide rings is 1. The van der Waals surface area contributed by atoms with Crippen molar-refractivity contribution in [3.05, 3.63) is 48.4 Å². The van der Waals surface area contributed by atoms with Crippen LogP contribution in [0.2, 0.25) is 0 Å². The second-order valence-electron chi connectivity index (χ2n) is 19.5. The van der Waals surface area contributed by atoms with Gasteiger partial charge in [0.15, 0.2) is 11.9 Å². The molecule has 1 aromatic heterocycles. The Bertz CT molecular complexity index is 1780. The summed E-state index contributed by atoms with van der Waals surface area (Å²) in [6.07, 6.45) is 20.8. The third-order valence-corrected chi connectivity index (χ3v) is 16.0. The lowest BCUT2D eigenvalue weighted by molar-refractivity contribution is -0.0697. The first-order valence-corrected chi connectivity index (χ1v) is 21.6. The minimum atomic E-state index is -0.692. The number of fused-ring (bicyclic) bond motifs is 4. The molecule has 302 valence electrons. The summed E-state index contributed by atoms with van der Waals surface area (Å²) in [6, 6.07) is 6.23. The highest BCUT2D eigenvalue weighted by atomic mass is 16.6. The SMILES string of the molecule is C=C1C[C@@]2(CC[C@@H](CC[C@@]3(O)CCC[C@H](O)C3)C2)[C@@H]2O[C@]2(C)CC[C@@H]2[C@@H]1C[C@]2(C)[C@@H]1CC[C@H]([C@H](NC(N)=NC)NC(N)=NCCc2cccc3cocc23)C1. The Balaban J connectivity index is 0.896. The first-order chi connectivity index (χ1) is 26.3. The van der Waals surface area contributed by atoms with Gasteiger partial charge in [-0.25, -0.2) is 0 Å². The van der Waals surface area contributed by atoms with E-state index in [1.807, 2.05) is 0 Å². The van der Waals surface area contributed by atoms with Crippen LogP contribution in [-0.4, -0.2) is 65.3 Å². The molecular weight excluding hydrogens is 689 g/mol. The highest BCUT2D eigenvalue weighted by Gasteiger charge is 2.67. The van der Waals surface area contributed by atoms with Gasteiger partial charge in [-0.15, -0.1) is 0 Å². The van der Waals surface area contributed by atoms with E-state index in [-0.39, 0.29) is 28.7 Å². The van der Waals surface area contributed by atoms with E-state index in [1.165, 1.54) is 49.7 Å². The lowest BCUT2D eigenvalue weighted by Gasteiger charge is -2.58. The van der Waals surface area contributed by atoms with E-state index in [9.17, 15) is 10.2 Å². The Kier molecular flexibility index (Phi) is 10.6. The summed E-state index contributed by atoms with van der Waals surface area (Å²) in [5.74, 6) is 3.60. The summed E-state index contributed by atoms with van der Waals surface area (Å²) < 4.78 is 12.2. The normalized spacial score (nSPS) is 41.2. The van der Waals surface area contributed by atoms with Crippen molar-refractivity contribution in [2.75, 3.05) is 13.6 Å². The van der Waals surface area contributed by atoms with Crippen molar-refractivity contribution in [2.24, 2.45) is 61.9 Å². The number of ether oxygens (including phenoxy) is 1. The third kappa shape index (κ3) is 7.69. The highest BCUT2D eigenvalue weighted by molar-refractivity contribution is 5.84. The van der Waals surface area contributed by atoms with Gasteiger partial charge in [-0.1, -0.05) is 37.3 Å². The van der Waals surface area contributed by atoms with E-state index in [1.54, 1.807) is 19.6 Å². The van der Waals surface area contributed by atoms with Crippen LogP contribution >= 0.6 is 0 Å². The zero-order valence-electron chi connectivity index (χ0n) is 33.7. The minimum Gasteiger partial charge on any atom is -0.471 e. The monoisotopic (exact) mass is 757 g/mol. The number of aliphatic hydroxyl groups is 2. The maximum absolute atomic E-state index is 11.3. The van der Waals surface area contributed by atoms with Crippen LogP contribution in [0, 0.1) is 40.4 Å². The standard InChI is InChI=1S/C45H68N6O4/c1-28-22-44(18-12-29(23-44)13-19-45(53)16-6-9-34(52)24-45)39-43(3,55-39)17-14-37-35(28)25-42(37,2)33-11-10-31(21-33)38(50-40(46)48-4)51-41(47)49-20-15-30-7-5-8-32-26-54-27-36(30)32/h5,7-8,26-27,29,31,33-35,37-39,52-53H,1,6,9-25H2,2-4H3,(H3,46,48,50)(H3,47,49,51)/t29-,31-,33+,34-,35+,37+,38+,39+,42+,43+,44+,45-/m0/s1. The molecule has 8 N–H and O–H groups in total. The average Bonchev–Trinajstić information content (AvgIpc) is 3.61. The lowest BCUT2D eigenvalue weighted by Crippen LogP contribution is -2.56. The summed E-state index contributed by atoms with van der Waals surface area (Å²) in [4.78, 5) is 8.94. The molecule has 55 heavy (non-hydrogen) atoms. The number of hydrogen-bond donors (Lipinski definition) is 6. The molecule has 1 spiro atoms. The van der Waals surface area contributed by atoms with Crippen LogP contribution in [0.1, 0.15) is 122 Å². The molecule has 8 rings (SSSR count). The molecule has 1 saturated heterocycles. The number of nitrogens with two attached hydrogens (primary N) is 2. The number of allylic oxidation sites excluding steroid dienone is 1. The van der Waals surface area contributed by atoms with E-state index in [0.717, 1.165) is 75.0 Å². The molecule has 2 aromatic rings. The fraction of sp³-hybridized carbons (Fsp3) is 0.733. The van der Waals surface area contributed by atoms with Gasteiger partial charge in [0.2, 0.25) is 0 Å². The first-order valence-electron chi connectivity index (χ1n) is 21.6. The number of aliphatic hydroxyl groups excluding tert-OH is 1. The molecule has 10 heteroatoms. The van der Waals surface area contributed by atoms with Gasteiger partial charge in [-0.3, -0.25) is 9.98 Å². The Morgan fingerprint density at radius 2 is 1.85 bits per heavy atom. The molecule has 0 radical (unpaired) electrons. The maximum atomic E-state index is 11.3. The Labute approximate surface area is 328 Å². The molecule has 6 aliphatic rings. The molecule has 1 aromatic carbocycles. The minimum absolute atomic E-state index is 0.0394. The van der Waals surface area contributed by atoms with Gasteiger partial charge in [0.1, 0.15) is 6.17 Å². The van der Waals surface area contributed by atoms with E-state index in [4.69, 9.17) is 32.2 Å². The van der Waals surface area contributed by atoms with Crippen LogP contribution in [-0.2, 0) is 11.2 Å². The predicted octanol–water partition coefficient (Wildman–Crippen LogP) is 6.93. The van der Waals surface area contributed by atoms with Crippen LogP contribution in [0.25, 0.3) is 10.8 Å². The smallest absolute Gasteiger partial charge is 0.190 e. The van der Waals surface area contributed by atoms with Crippen molar-refractivity contribution < 1.29 is 19.4 Å². The number of guanidine groups is 2. The molecule has 10 nitrogen and oxygen atoms in total. The zero-order valence-corrected chi connectivity index (χ0v) is 33.7. The van der Waals surface area contributed by atoms with Gasteiger partial charge in [0.25, 0.3) is 0 Å². The fourth-order valence-corrected chi connectivity index (χ4v) is 12.9. The van der Waals surface area contributed by atoms with Crippen LogP contribution in [0.5, 0.6) is 0 Å². The molecule has 12 atom stereocenters. The largest absolute Gasteiger partial charge is 0.471 e. The highest BCUT2D eigenvalue weighted by Crippen LogP contribution is 2.69. The summed E-state index contributed by atoms with van der Waals surface area (Å²) in [7, 11) is 1.71.